The summed E-state index contributed by atoms with van der Waals surface area (Å²) in [5, 5.41) is 10.0. The predicted octanol–water partition coefficient (Wildman–Crippen LogP) is 2.92. The maximum atomic E-state index is 5.58. The lowest BCUT2D eigenvalue weighted by Gasteiger charge is -2.00. The molecule has 0 amide bonds. The number of nitrogen functional groups attached to an aromatic ring is 1. The van der Waals surface area contributed by atoms with Crippen LogP contribution in [0, 0.1) is 0 Å². The fourth-order valence-electron chi connectivity index (χ4n) is 1.60. The van der Waals surface area contributed by atoms with Gasteiger partial charge in [0.15, 0.2) is 5.01 Å². The minimum Gasteiger partial charge on any atom is -0.497 e. The Morgan fingerprint density at radius 3 is 2.79 bits per heavy atom. The maximum Gasteiger partial charge on any atom is 0.203 e. The van der Waals surface area contributed by atoms with Crippen molar-refractivity contribution in [2.24, 2.45) is 0 Å². The fourth-order valence-corrected chi connectivity index (χ4v) is 3.15. The van der Waals surface area contributed by atoms with Gasteiger partial charge >= 0.3 is 0 Å². The summed E-state index contributed by atoms with van der Waals surface area (Å²) in [5.41, 5.74) is 6.61. The van der Waals surface area contributed by atoms with E-state index < -0.39 is 0 Å². The molecule has 0 fully saturated rings. The standard InChI is InChI=1S/C12H10N4OS2/c1-17-8-4-2-3-7(5-8)10-14-6-9(18-10)11-15-16-12(13)19-11/h2-6H,1H3,(H2,13,16). The molecule has 7 heteroatoms. The summed E-state index contributed by atoms with van der Waals surface area (Å²) >= 11 is 2.92. The number of methoxy groups -OCH3 is 1. The summed E-state index contributed by atoms with van der Waals surface area (Å²) in [4.78, 5) is 5.37. The molecular weight excluding hydrogens is 280 g/mol. The van der Waals surface area contributed by atoms with Crippen molar-refractivity contribution in [3.8, 4) is 26.2 Å². The Morgan fingerprint density at radius 1 is 1.16 bits per heavy atom. The van der Waals surface area contributed by atoms with E-state index in [9.17, 15) is 0 Å². The highest BCUT2D eigenvalue weighted by atomic mass is 32.1. The van der Waals surface area contributed by atoms with Gasteiger partial charge in [-0.25, -0.2) is 4.98 Å². The van der Waals surface area contributed by atoms with Gasteiger partial charge in [0, 0.05) is 11.8 Å². The summed E-state index contributed by atoms with van der Waals surface area (Å²) in [5.74, 6) is 0.814. The molecule has 0 spiro atoms. The molecule has 0 saturated carbocycles. The van der Waals surface area contributed by atoms with Crippen LogP contribution in [0.3, 0.4) is 0 Å². The number of benzene rings is 1. The van der Waals surface area contributed by atoms with Gasteiger partial charge < -0.3 is 10.5 Å². The Kier molecular flexibility index (Phi) is 3.14. The van der Waals surface area contributed by atoms with Crippen LogP contribution in [0.15, 0.2) is 30.5 Å². The molecule has 2 aromatic heterocycles. The molecule has 0 unspecified atom stereocenters. The van der Waals surface area contributed by atoms with E-state index in [2.05, 4.69) is 15.2 Å². The molecule has 96 valence electrons. The summed E-state index contributed by atoms with van der Waals surface area (Å²) in [7, 11) is 1.65. The van der Waals surface area contributed by atoms with Crippen molar-refractivity contribution in [3.63, 3.8) is 0 Å². The third-order valence-electron chi connectivity index (χ3n) is 2.47. The number of nitrogens with zero attached hydrogens (tertiary/aromatic N) is 3. The normalized spacial score (nSPS) is 10.6. The lowest BCUT2D eigenvalue weighted by Crippen LogP contribution is -1.82. The quantitative estimate of drug-likeness (QED) is 0.802. The third-order valence-corrected chi connectivity index (χ3v) is 4.44. The molecule has 0 aliphatic rings. The first-order chi connectivity index (χ1) is 9.26. The van der Waals surface area contributed by atoms with Crippen LogP contribution >= 0.6 is 22.7 Å². The van der Waals surface area contributed by atoms with Crippen LogP contribution < -0.4 is 10.5 Å². The second kappa shape index (κ2) is 4.94. The minimum absolute atomic E-state index is 0.464. The molecule has 19 heavy (non-hydrogen) atoms. The Hall–Kier alpha value is -1.99. The van der Waals surface area contributed by atoms with Crippen molar-refractivity contribution in [2.75, 3.05) is 12.8 Å². The highest BCUT2D eigenvalue weighted by Gasteiger charge is 2.10. The number of hydrogen-bond acceptors (Lipinski definition) is 7. The van der Waals surface area contributed by atoms with Crippen molar-refractivity contribution in [2.45, 2.75) is 0 Å². The first-order valence-corrected chi connectivity index (χ1v) is 7.09. The average Bonchev–Trinajstić information content (AvgIpc) is 3.07. The average molecular weight is 290 g/mol. The largest absolute Gasteiger partial charge is 0.497 e. The number of ether oxygens (including phenoxy) is 1. The molecule has 0 radical (unpaired) electrons. The van der Waals surface area contributed by atoms with E-state index in [1.165, 1.54) is 11.3 Å². The van der Waals surface area contributed by atoms with Crippen LogP contribution in [-0.2, 0) is 0 Å². The van der Waals surface area contributed by atoms with Crippen molar-refractivity contribution in [3.05, 3.63) is 30.5 Å². The first-order valence-electron chi connectivity index (χ1n) is 5.46. The van der Waals surface area contributed by atoms with Gasteiger partial charge in [-0.15, -0.1) is 21.5 Å². The number of anilines is 1. The zero-order valence-electron chi connectivity index (χ0n) is 10.0. The number of thiazole rings is 1. The molecule has 0 bridgehead atoms. The van der Waals surface area contributed by atoms with Gasteiger partial charge in [0.25, 0.3) is 0 Å². The summed E-state index contributed by atoms with van der Waals surface area (Å²) < 4.78 is 5.21. The SMILES string of the molecule is COc1cccc(-c2ncc(-c3nnc(N)s3)s2)c1. The topological polar surface area (TPSA) is 73.9 Å². The molecule has 5 nitrogen and oxygen atoms in total. The van der Waals surface area contributed by atoms with E-state index in [0.717, 1.165) is 26.2 Å². The Balaban J connectivity index is 1.96. The predicted molar refractivity (Wildman–Crippen MR) is 77.4 cm³/mol. The number of aromatic nitrogens is 3. The van der Waals surface area contributed by atoms with Gasteiger partial charge in [-0.3, -0.25) is 0 Å². The van der Waals surface area contributed by atoms with E-state index in [1.807, 2.05) is 24.3 Å². The highest BCUT2D eigenvalue weighted by molar-refractivity contribution is 7.24. The molecule has 0 aliphatic heterocycles. The first kappa shape index (κ1) is 12.1. The van der Waals surface area contributed by atoms with Gasteiger partial charge in [0.05, 0.1) is 12.0 Å². The Bertz CT molecular complexity index is 707. The van der Waals surface area contributed by atoms with Crippen LogP contribution in [0.1, 0.15) is 0 Å². The van der Waals surface area contributed by atoms with Crippen LogP contribution in [0.25, 0.3) is 20.5 Å². The summed E-state index contributed by atoms with van der Waals surface area (Å²) in [6.07, 6.45) is 1.79. The third kappa shape index (κ3) is 2.42. The highest BCUT2D eigenvalue weighted by Crippen LogP contribution is 2.34. The van der Waals surface area contributed by atoms with Crippen molar-refractivity contribution < 1.29 is 4.74 Å². The summed E-state index contributed by atoms with van der Waals surface area (Å²) in [6.45, 7) is 0. The van der Waals surface area contributed by atoms with Crippen molar-refractivity contribution >= 4 is 27.8 Å². The monoisotopic (exact) mass is 290 g/mol. The molecule has 2 N–H and O–H groups in total. The fraction of sp³-hybridized carbons (Fsp3) is 0.0833. The van der Waals surface area contributed by atoms with Crippen LogP contribution in [0.5, 0.6) is 5.75 Å². The maximum absolute atomic E-state index is 5.58. The molecule has 0 saturated heterocycles. The number of nitrogens with two attached hydrogens (primary N) is 1. The second-order valence-electron chi connectivity index (χ2n) is 3.71. The smallest absolute Gasteiger partial charge is 0.203 e. The lowest BCUT2D eigenvalue weighted by atomic mass is 10.2. The van der Waals surface area contributed by atoms with Gasteiger partial charge in [-0.05, 0) is 12.1 Å². The van der Waals surface area contributed by atoms with E-state index in [0.29, 0.717) is 5.13 Å². The van der Waals surface area contributed by atoms with Crippen molar-refractivity contribution in [1.29, 1.82) is 0 Å². The molecule has 0 atom stereocenters. The minimum atomic E-state index is 0.464. The zero-order chi connectivity index (χ0) is 13.2. The molecule has 3 rings (SSSR count). The Labute approximate surface area is 117 Å². The van der Waals surface area contributed by atoms with Gasteiger partial charge in [0.1, 0.15) is 10.8 Å². The molecular formula is C12H10N4OS2. The van der Waals surface area contributed by atoms with Gasteiger partial charge in [-0.2, -0.15) is 0 Å². The second-order valence-corrected chi connectivity index (χ2v) is 5.75. The van der Waals surface area contributed by atoms with Gasteiger partial charge in [-0.1, -0.05) is 23.5 Å². The molecule has 1 aromatic carbocycles. The lowest BCUT2D eigenvalue weighted by molar-refractivity contribution is 0.415. The summed E-state index contributed by atoms with van der Waals surface area (Å²) in [6, 6.07) is 7.80. The number of hydrogen-bond donors (Lipinski definition) is 1. The van der Waals surface area contributed by atoms with E-state index in [-0.39, 0.29) is 0 Å². The van der Waals surface area contributed by atoms with Crippen LogP contribution in [0.2, 0.25) is 0 Å². The van der Waals surface area contributed by atoms with E-state index in [1.54, 1.807) is 24.6 Å². The van der Waals surface area contributed by atoms with E-state index >= 15 is 0 Å². The Morgan fingerprint density at radius 2 is 2.05 bits per heavy atom. The zero-order valence-corrected chi connectivity index (χ0v) is 11.7. The van der Waals surface area contributed by atoms with Crippen LogP contribution in [0.4, 0.5) is 5.13 Å². The molecule has 0 aliphatic carbocycles. The van der Waals surface area contributed by atoms with Gasteiger partial charge in [0.2, 0.25) is 5.13 Å². The van der Waals surface area contributed by atoms with Crippen molar-refractivity contribution in [1.82, 2.24) is 15.2 Å². The molecule has 2 heterocycles. The van der Waals surface area contributed by atoms with Crippen LogP contribution in [-0.4, -0.2) is 22.3 Å². The molecule has 3 aromatic rings. The van der Waals surface area contributed by atoms with E-state index in [4.69, 9.17) is 10.5 Å². The number of rotatable bonds is 3.